The Labute approximate surface area is 216 Å². The Morgan fingerprint density at radius 3 is 2.42 bits per heavy atom. The number of nitrogens with zero attached hydrogens (tertiary/aromatic N) is 1. The fourth-order valence-electron chi connectivity index (χ4n) is 4.41. The summed E-state index contributed by atoms with van der Waals surface area (Å²) >= 11 is 2.44. The predicted octanol–water partition coefficient (Wildman–Crippen LogP) is 6.50. The van der Waals surface area contributed by atoms with Crippen LogP contribution in [0, 0.1) is 5.92 Å². The van der Waals surface area contributed by atoms with Gasteiger partial charge in [0.25, 0.3) is 5.91 Å². The summed E-state index contributed by atoms with van der Waals surface area (Å²) in [7, 11) is 0. The standard InChI is InChI=1S/C26H28FN3O4S2/c1-25(2,22(31)16-8-10-26(3,27)11-9-16)30-18-12-20(36-21(18)24(33)34)15-4-6-17(7-5-15)29-23(32)19-13-35-14-28-19/h4-7,12-14,16,30H,8-11H2,1-3H3,(H,29,32)(H,33,34). The van der Waals surface area contributed by atoms with Crippen molar-refractivity contribution in [2.75, 3.05) is 10.6 Å². The number of ketones is 1. The second-order valence-electron chi connectivity index (χ2n) is 9.87. The van der Waals surface area contributed by atoms with Gasteiger partial charge >= 0.3 is 5.97 Å². The molecule has 1 fully saturated rings. The number of aromatic nitrogens is 1. The van der Waals surface area contributed by atoms with Crippen molar-refractivity contribution in [2.45, 2.75) is 57.7 Å². The molecule has 1 aliphatic rings. The number of anilines is 2. The molecule has 1 saturated carbocycles. The van der Waals surface area contributed by atoms with E-state index in [0.29, 0.717) is 47.6 Å². The van der Waals surface area contributed by atoms with E-state index in [1.54, 1.807) is 62.0 Å². The van der Waals surface area contributed by atoms with E-state index in [0.717, 1.165) is 16.9 Å². The van der Waals surface area contributed by atoms with Crippen molar-refractivity contribution < 1.29 is 23.9 Å². The Hall–Kier alpha value is -3.11. The number of carbonyl (C=O) groups excluding carboxylic acids is 2. The number of hydrogen-bond acceptors (Lipinski definition) is 7. The molecule has 3 N–H and O–H groups in total. The highest BCUT2D eigenvalue weighted by Crippen LogP contribution is 2.39. The van der Waals surface area contributed by atoms with Crippen LogP contribution in [-0.2, 0) is 4.79 Å². The Kier molecular flexibility index (Phi) is 7.28. The average Bonchev–Trinajstić information content (AvgIpc) is 3.49. The van der Waals surface area contributed by atoms with E-state index in [4.69, 9.17) is 0 Å². The molecule has 0 atom stereocenters. The Morgan fingerprint density at radius 2 is 1.83 bits per heavy atom. The first-order chi connectivity index (χ1) is 16.9. The topological polar surface area (TPSA) is 108 Å². The number of benzene rings is 1. The molecule has 7 nitrogen and oxygen atoms in total. The van der Waals surface area contributed by atoms with E-state index in [9.17, 15) is 23.9 Å². The number of halogens is 1. The maximum atomic E-state index is 14.2. The third-order valence-electron chi connectivity index (χ3n) is 6.48. The zero-order valence-electron chi connectivity index (χ0n) is 20.3. The van der Waals surface area contributed by atoms with Crippen molar-refractivity contribution in [1.29, 1.82) is 0 Å². The molecule has 0 unspecified atom stereocenters. The fraction of sp³-hybridized carbons (Fsp3) is 0.385. The van der Waals surface area contributed by atoms with Gasteiger partial charge in [0.15, 0.2) is 5.78 Å². The molecule has 2 aromatic heterocycles. The van der Waals surface area contributed by atoms with Crippen LogP contribution in [0.3, 0.4) is 0 Å². The fourth-order valence-corrected chi connectivity index (χ4v) is 5.90. The molecular weight excluding hydrogens is 501 g/mol. The molecule has 0 bridgehead atoms. The molecule has 0 spiro atoms. The minimum Gasteiger partial charge on any atom is -0.477 e. The number of aromatic carboxylic acids is 1. The average molecular weight is 530 g/mol. The van der Waals surface area contributed by atoms with E-state index in [-0.39, 0.29) is 22.5 Å². The first-order valence-electron chi connectivity index (χ1n) is 11.6. The number of thiophene rings is 1. The number of carboxylic acid groups (broad SMARTS) is 1. The summed E-state index contributed by atoms with van der Waals surface area (Å²) in [6, 6.07) is 8.80. The van der Waals surface area contributed by atoms with Crippen LogP contribution in [-0.4, -0.2) is 39.0 Å². The second-order valence-corrected chi connectivity index (χ2v) is 11.6. The summed E-state index contributed by atoms with van der Waals surface area (Å²) < 4.78 is 14.2. The molecular formula is C26H28FN3O4S2. The lowest BCUT2D eigenvalue weighted by atomic mass is 9.75. The third-order valence-corrected chi connectivity index (χ3v) is 8.24. The monoisotopic (exact) mass is 529 g/mol. The highest BCUT2D eigenvalue weighted by molar-refractivity contribution is 7.18. The molecule has 0 saturated heterocycles. The van der Waals surface area contributed by atoms with Gasteiger partial charge in [-0.1, -0.05) is 12.1 Å². The quantitative estimate of drug-likeness (QED) is 0.307. The maximum absolute atomic E-state index is 14.2. The van der Waals surface area contributed by atoms with Crippen LogP contribution in [0.5, 0.6) is 0 Å². The number of thiazole rings is 1. The van der Waals surface area contributed by atoms with Gasteiger partial charge in [-0.15, -0.1) is 22.7 Å². The maximum Gasteiger partial charge on any atom is 0.348 e. The summed E-state index contributed by atoms with van der Waals surface area (Å²) in [5.41, 5.74) is 1.42. The van der Waals surface area contributed by atoms with Gasteiger partial charge in [-0.25, -0.2) is 14.2 Å². The van der Waals surface area contributed by atoms with Crippen LogP contribution in [0.1, 0.15) is 66.6 Å². The van der Waals surface area contributed by atoms with Gasteiger partial charge in [0.1, 0.15) is 16.2 Å². The third kappa shape index (κ3) is 5.82. The molecule has 0 aliphatic heterocycles. The lowest BCUT2D eigenvalue weighted by Crippen LogP contribution is -2.46. The summed E-state index contributed by atoms with van der Waals surface area (Å²) in [6.45, 7) is 5.05. The van der Waals surface area contributed by atoms with Crippen molar-refractivity contribution in [3.8, 4) is 10.4 Å². The second kappa shape index (κ2) is 10.1. The van der Waals surface area contributed by atoms with E-state index in [1.807, 2.05) is 0 Å². The first kappa shape index (κ1) is 26.0. The largest absolute Gasteiger partial charge is 0.477 e. The smallest absolute Gasteiger partial charge is 0.348 e. The van der Waals surface area contributed by atoms with Crippen LogP contribution in [0.25, 0.3) is 10.4 Å². The van der Waals surface area contributed by atoms with Crippen LogP contribution in [0.4, 0.5) is 15.8 Å². The van der Waals surface area contributed by atoms with Crippen molar-refractivity contribution in [2.24, 2.45) is 5.92 Å². The lowest BCUT2D eigenvalue weighted by Gasteiger charge is -2.35. The van der Waals surface area contributed by atoms with Gasteiger partial charge in [0.05, 0.1) is 16.7 Å². The molecule has 1 aliphatic carbocycles. The van der Waals surface area contributed by atoms with Gasteiger partial charge in [-0.05, 0) is 70.2 Å². The molecule has 10 heteroatoms. The molecule has 3 aromatic rings. The number of alkyl halides is 1. The molecule has 190 valence electrons. The van der Waals surface area contributed by atoms with Crippen molar-refractivity contribution in [1.82, 2.24) is 4.98 Å². The molecule has 4 rings (SSSR count). The minimum atomic E-state index is -1.23. The van der Waals surface area contributed by atoms with Crippen molar-refractivity contribution in [3.63, 3.8) is 0 Å². The van der Waals surface area contributed by atoms with Gasteiger partial charge < -0.3 is 15.7 Å². The number of rotatable bonds is 8. The highest BCUT2D eigenvalue weighted by atomic mass is 32.1. The van der Waals surface area contributed by atoms with Crippen molar-refractivity contribution >= 4 is 51.7 Å². The summed E-state index contributed by atoms with van der Waals surface area (Å²) in [5.74, 6) is -1.69. The number of Topliss-reactive ketones (excluding diaryl/α,β-unsaturated/α-hetero) is 1. The normalized spacial score (nSPS) is 20.1. The molecule has 36 heavy (non-hydrogen) atoms. The summed E-state index contributed by atoms with van der Waals surface area (Å²) in [5, 5.41) is 17.4. The van der Waals surface area contributed by atoms with Crippen LogP contribution < -0.4 is 10.6 Å². The van der Waals surface area contributed by atoms with Gasteiger partial charge in [0.2, 0.25) is 0 Å². The number of carboxylic acids is 1. The highest BCUT2D eigenvalue weighted by Gasteiger charge is 2.40. The van der Waals surface area contributed by atoms with Gasteiger partial charge in [0, 0.05) is 21.9 Å². The van der Waals surface area contributed by atoms with E-state index in [1.165, 1.54) is 11.3 Å². The zero-order valence-corrected chi connectivity index (χ0v) is 21.9. The van der Waals surface area contributed by atoms with Crippen LogP contribution >= 0.6 is 22.7 Å². The van der Waals surface area contributed by atoms with E-state index < -0.39 is 17.2 Å². The predicted molar refractivity (Wildman–Crippen MR) is 141 cm³/mol. The number of hydrogen-bond donors (Lipinski definition) is 3. The van der Waals surface area contributed by atoms with Gasteiger partial charge in [-0.2, -0.15) is 0 Å². The number of carbonyl (C=O) groups is 3. The summed E-state index contributed by atoms with van der Waals surface area (Å²) in [6.07, 6.45) is 1.68. The number of nitrogens with one attached hydrogen (secondary N) is 2. The van der Waals surface area contributed by atoms with Crippen LogP contribution in [0.15, 0.2) is 41.2 Å². The van der Waals surface area contributed by atoms with E-state index >= 15 is 0 Å². The van der Waals surface area contributed by atoms with Gasteiger partial charge in [-0.3, -0.25) is 9.59 Å². The van der Waals surface area contributed by atoms with Crippen molar-refractivity contribution in [3.05, 3.63) is 51.8 Å². The summed E-state index contributed by atoms with van der Waals surface area (Å²) in [4.78, 5) is 42.2. The molecule has 0 radical (unpaired) electrons. The molecule has 2 heterocycles. The first-order valence-corrected chi connectivity index (χ1v) is 13.4. The Morgan fingerprint density at radius 1 is 1.17 bits per heavy atom. The van der Waals surface area contributed by atoms with Crippen LogP contribution in [0.2, 0.25) is 0 Å². The Bertz CT molecular complexity index is 1260. The lowest BCUT2D eigenvalue weighted by molar-refractivity contribution is -0.128. The SMILES string of the molecule is CC1(F)CCC(C(=O)C(C)(C)Nc2cc(-c3ccc(NC(=O)c4cscn4)cc3)sc2C(=O)O)CC1. The Balaban J connectivity index is 1.50. The molecule has 1 amide bonds. The minimum absolute atomic E-state index is 0.0395. The van der Waals surface area contributed by atoms with E-state index in [2.05, 4.69) is 15.6 Å². The molecule has 1 aromatic carbocycles. The number of amides is 1. The zero-order chi connectivity index (χ0) is 26.1.